The van der Waals surface area contributed by atoms with Crippen LogP contribution in [-0.4, -0.2) is 60.7 Å². The molecule has 0 unspecified atom stereocenters. The molecule has 1 aliphatic carbocycles. The highest BCUT2D eigenvalue weighted by molar-refractivity contribution is 6.05. The highest BCUT2D eigenvalue weighted by atomic mass is 16.5. The molecule has 0 aromatic heterocycles. The molecule has 3 rings (SSSR count). The summed E-state index contributed by atoms with van der Waals surface area (Å²) in [6, 6.07) is 6.88. The van der Waals surface area contributed by atoms with Gasteiger partial charge >= 0.3 is 0 Å². The Bertz CT molecular complexity index is 768. The van der Waals surface area contributed by atoms with E-state index in [0.29, 0.717) is 11.4 Å². The summed E-state index contributed by atoms with van der Waals surface area (Å²) in [5.74, 6) is -0.643. The summed E-state index contributed by atoms with van der Waals surface area (Å²) < 4.78 is 5.07. The van der Waals surface area contributed by atoms with Crippen molar-refractivity contribution in [3.63, 3.8) is 0 Å². The number of likely N-dealkylation sites (N-methyl/N-ethyl adjacent to an activating group) is 1. The van der Waals surface area contributed by atoms with E-state index in [1.165, 1.54) is 16.8 Å². The largest absolute Gasteiger partial charge is 0.497 e. The van der Waals surface area contributed by atoms with Gasteiger partial charge in [0.2, 0.25) is 23.6 Å². The zero-order valence-electron chi connectivity index (χ0n) is 16.8. The molecule has 1 saturated heterocycles. The summed E-state index contributed by atoms with van der Waals surface area (Å²) in [5.41, 5.74) is 0.604. The molecule has 8 nitrogen and oxygen atoms in total. The molecular formula is C21H27N3O5. The molecule has 0 bridgehead atoms. The predicted octanol–water partition coefficient (Wildman–Crippen LogP) is 1.66. The van der Waals surface area contributed by atoms with Gasteiger partial charge in [0.1, 0.15) is 5.75 Å². The van der Waals surface area contributed by atoms with E-state index in [1.807, 2.05) is 0 Å². The Labute approximate surface area is 170 Å². The van der Waals surface area contributed by atoms with Gasteiger partial charge in [0.05, 0.1) is 25.5 Å². The van der Waals surface area contributed by atoms with E-state index in [-0.39, 0.29) is 55.0 Å². The maximum absolute atomic E-state index is 12.5. The number of benzene rings is 1. The number of anilines is 1. The van der Waals surface area contributed by atoms with Crippen molar-refractivity contribution in [2.75, 3.05) is 32.6 Å². The van der Waals surface area contributed by atoms with Gasteiger partial charge in [-0.25, -0.2) is 0 Å². The second-order valence-corrected chi connectivity index (χ2v) is 7.60. The van der Waals surface area contributed by atoms with Crippen LogP contribution in [0.4, 0.5) is 5.69 Å². The predicted molar refractivity (Wildman–Crippen MR) is 106 cm³/mol. The van der Waals surface area contributed by atoms with Gasteiger partial charge in [-0.2, -0.15) is 0 Å². The molecule has 2 atom stereocenters. The molecule has 0 spiro atoms. The summed E-state index contributed by atoms with van der Waals surface area (Å²) in [5, 5.41) is 2.72. The number of hydrogen-bond acceptors (Lipinski definition) is 5. The van der Waals surface area contributed by atoms with E-state index in [4.69, 9.17) is 4.74 Å². The van der Waals surface area contributed by atoms with E-state index in [2.05, 4.69) is 5.32 Å². The number of methoxy groups -OCH3 is 1. The van der Waals surface area contributed by atoms with Crippen LogP contribution >= 0.6 is 0 Å². The Balaban J connectivity index is 1.47. The number of carbonyl (C=O) groups is 4. The number of imide groups is 1. The molecule has 2 fully saturated rings. The number of amides is 4. The van der Waals surface area contributed by atoms with Crippen molar-refractivity contribution in [3.8, 4) is 5.75 Å². The zero-order valence-corrected chi connectivity index (χ0v) is 16.8. The first kappa shape index (κ1) is 20.8. The molecule has 1 aliphatic heterocycles. The van der Waals surface area contributed by atoms with E-state index in [0.717, 1.165) is 25.7 Å². The topological polar surface area (TPSA) is 96.0 Å². The van der Waals surface area contributed by atoms with E-state index < -0.39 is 0 Å². The van der Waals surface area contributed by atoms with Crippen LogP contribution in [0.25, 0.3) is 0 Å². The van der Waals surface area contributed by atoms with Crippen molar-refractivity contribution in [3.05, 3.63) is 24.3 Å². The van der Waals surface area contributed by atoms with Crippen molar-refractivity contribution in [2.24, 2.45) is 11.8 Å². The Morgan fingerprint density at radius 1 is 1.10 bits per heavy atom. The SMILES string of the molecule is COc1ccc(NC(=O)CN(C)C(=O)CCN2C(=O)[C@@H]3CCCC[C@H]3C2=O)cc1. The molecule has 156 valence electrons. The normalized spacial score (nSPS) is 21.0. The molecule has 1 N–H and O–H groups in total. The monoisotopic (exact) mass is 401 g/mol. The van der Waals surface area contributed by atoms with Crippen LogP contribution in [0.1, 0.15) is 32.1 Å². The number of nitrogens with one attached hydrogen (secondary N) is 1. The summed E-state index contributed by atoms with van der Waals surface area (Å²) in [6.45, 7) is -0.0358. The lowest BCUT2D eigenvalue weighted by atomic mass is 9.81. The van der Waals surface area contributed by atoms with E-state index in [9.17, 15) is 19.2 Å². The fourth-order valence-electron chi connectivity index (χ4n) is 4.03. The third kappa shape index (κ3) is 4.75. The van der Waals surface area contributed by atoms with Crippen LogP contribution in [0, 0.1) is 11.8 Å². The number of ether oxygens (including phenoxy) is 1. The first-order valence-corrected chi connectivity index (χ1v) is 9.94. The molecule has 29 heavy (non-hydrogen) atoms. The minimum Gasteiger partial charge on any atom is -0.497 e. The molecule has 1 aromatic carbocycles. The number of nitrogens with zero attached hydrogens (tertiary/aromatic N) is 2. The summed E-state index contributed by atoms with van der Waals surface area (Å²) in [4.78, 5) is 52.0. The van der Waals surface area contributed by atoms with Gasteiger partial charge in [-0.15, -0.1) is 0 Å². The smallest absolute Gasteiger partial charge is 0.243 e. The Morgan fingerprint density at radius 2 is 1.69 bits per heavy atom. The standard InChI is InChI=1S/C21H27N3O5/c1-23(13-18(25)22-14-7-9-15(29-2)10-8-14)19(26)11-12-24-20(27)16-5-3-4-6-17(16)21(24)28/h7-10,16-17H,3-6,11-13H2,1-2H3,(H,22,25)/t16-,17-/m1/s1. The molecular weight excluding hydrogens is 374 g/mol. The number of rotatable bonds is 7. The van der Waals surface area contributed by atoms with Crippen molar-refractivity contribution >= 4 is 29.3 Å². The minimum atomic E-state index is -0.328. The maximum atomic E-state index is 12.5. The molecule has 8 heteroatoms. The highest BCUT2D eigenvalue weighted by Gasteiger charge is 2.47. The Kier molecular flexibility index (Phi) is 6.51. The minimum absolute atomic E-state index is 0.0171. The van der Waals surface area contributed by atoms with Crippen molar-refractivity contribution in [2.45, 2.75) is 32.1 Å². The fourth-order valence-corrected chi connectivity index (χ4v) is 4.03. The first-order valence-electron chi connectivity index (χ1n) is 9.94. The van der Waals surface area contributed by atoms with E-state index in [1.54, 1.807) is 31.4 Å². The maximum Gasteiger partial charge on any atom is 0.243 e. The van der Waals surface area contributed by atoms with Gasteiger partial charge in [-0.05, 0) is 37.1 Å². The van der Waals surface area contributed by atoms with E-state index >= 15 is 0 Å². The van der Waals surface area contributed by atoms with Crippen molar-refractivity contribution < 1.29 is 23.9 Å². The van der Waals surface area contributed by atoms with Crippen LogP contribution in [0.15, 0.2) is 24.3 Å². The Morgan fingerprint density at radius 3 is 2.24 bits per heavy atom. The molecule has 0 radical (unpaired) electrons. The number of fused-ring (bicyclic) bond motifs is 1. The van der Waals surface area contributed by atoms with Gasteiger partial charge in [0.15, 0.2) is 0 Å². The number of hydrogen-bond donors (Lipinski definition) is 1. The van der Waals surface area contributed by atoms with Gasteiger partial charge < -0.3 is 15.0 Å². The van der Waals surface area contributed by atoms with Crippen LogP contribution in [0.3, 0.4) is 0 Å². The molecule has 1 aromatic rings. The second-order valence-electron chi connectivity index (χ2n) is 7.60. The molecule has 1 saturated carbocycles. The van der Waals surface area contributed by atoms with Crippen LogP contribution in [0.2, 0.25) is 0 Å². The molecule has 4 amide bonds. The molecule has 2 aliphatic rings. The highest BCUT2D eigenvalue weighted by Crippen LogP contribution is 2.37. The average molecular weight is 401 g/mol. The third-order valence-electron chi connectivity index (χ3n) is 5.66. The van der Waals surface area contributed by atoms with Gasteiger partial charge in [0, 0.05) is 25.7 Å². The molecule has 1 heterocycles. The average Bonchev–Trinajstić information content (AvgIpc) is 2.97. The summed E-state index contributed by atoms with van der Waals surface area (Å²) in [7, 11) is 3.09. The lowest BCUT2D eigenvalue weighted by molar-refractivity contribution is -0.141. The van der Waals surface area contributed by atoms with Crippen molar-refractivity contribution in [1.29, 1.82) is 0 Å². The quantitative estimate of drug-likeness (QED) is 0.701. The van der Waals surface area contributed by atoms with Crippen molar-refractivity contribution in [1.82, 2.24) is 9.80 Å². The zero-order chi connectivity index (χ0) is 21.0. The lowest BCUT2D eigenvalue weighted by Crippen LogP contribution is -2.38. The van der Waals surface area contributed by atoms with Crippen LogP contribution < -0.4 is 10.1 Å². The lowest BCUT2D eigenvalue weighted by Gasteiger charge is -2.19. The van der Waals surface area contributed by atoms with Gasteiger partial charge in [0.25, 0.3) is 0 Å². The second kappa shape index (κ2) is 9.07. The van der Waals surface area contributed by atoms with Crippen LogP contribution in [0.5, 0.6) is 5.75 Å². The van der Waals surface area contributed by atoms with Crippen LogP contribution in [-0.2, 0) is 19.2 Å². The number of likely N-dealkylation sites (tertiary alicyclic amines) is 1. The fraction of sp³-hybridized carbons (Fsp3) is 0.524. The summed E-state index contributed by atoms with van der Waals surface area (Å²) in [6.07, 6.45) is 3.47. The Hall–Kier alpha value is -2.90. The van der Waals surface area contributed by atoms with Gasteiger partial charge in [-0.1, -0.05) is 12.8 Å². The first-order chi connectivity index (χ1) is 13.9. The number of carbonyl (C=O) groups excluding carboxylic acids is 4. The van der Waals surface area contributed by atoms with Gasteiger partial charge in [-0.3, -0.25) is 24.1 Å². The third-order valence-corrected chi connectivity index (χ3v) is 5.66. The summed E-state index contributed by atoms with van der Waals surface area (Å²) >= 11 is 0.